The van der Waals surface area contributed by atoms with Crippen molar-refractivity contribution < 1.29 is 21.1 Å². The van der Waals surface area contributed by atoms with Gasteiger partial charge in [-0.15, -0.1) is 0 Å². The molecule has 4 aliphatic rings. The minimum Gasteiger partial charge on any atom is -0.493 e. The second-order valence-corrected chi connectivity index (χ2v) is 6.60. The smallest absolute Gasteiger partial charge is 0.174 e. The Morgan fingerprint density at radius 2 is 2.45 bits per heavy atom. The van der Waals surface area contributed by atoms with Crippen molar-refractivity contribution in [1.29, 1.82) is 0 Å². The summed E-state index contributed by atoms with van der Waals surface area (Å²) in [6.45, 7) is 0.537. The number of hydrogen-bond acceptors (Lipinski definition) is 4. The first-order valence-corrected chi connectivity index (χ1v) is 7.74. The molecule has 4 heteroatoms. The molecular weight excluding hydrogens is 278 g/mol. The third-order valence-corrected chi connectivity index (χ3v) is 5.73. The van der Waals surface area contributed by atoms with E-state index >= 15 is 0 Å². The van der Waals surface area contributed by atoms with Crippen LogP contribution >= 0.6 is 0 Å². The van der Waals surface area contributed by atoms with Crippen LogP contribution in [0.2, 0.25) is 0 Å². The van der Waals surface area contributed by atoms with E-state index in [1.54, 1.807) is 7.05 Å². The topological polar surface area (TPSA) is 38.8 Å². The molecule has 2 heterocycles. The fraction of sp³-hybridized carbons (Fsp3) is 0.611. The van der Waals surface area contributed by atoms with Crippen LogP contribution in [0.15, 0.2) is 12.1 Å². The van der Waals surface area contributed by atoms with Crippen LogP contribution in [0, 0.1) is 5.89 Å². The number of piperidine rings is 1. The van der Waals surface area contributed by atoms with Crippen LogP contribution in [0.25, 0.3) is 0 Å². The number of methoxy groups -OCH3 is 1. The number of nitrogens with zero attached hydrogens (tertiary/aromatic N) is 1. The van der Waals surface area contributed by atoms with E-state index in [0.29, 0.717) is 18.5 Å². The van der Waals surface area contributed by atoms with Gasteiger partial charge in [0.1, 0.15) is 0 Å². The minimum absolute atomic E-state index is 0.0610. The van der Waals surface area contributed by atoms with E-state index in [-0.39, 0.29) is 47.8 Å². The number of likely N-dealkylation sites (N-methyl/N-ethyl adjacent to an activating group) is 1. The molecule has 4 atom stereocenters. The zero-order valence-corrected chi connectivity index (χ0v) is 12.7. The van der Waals surface area contributed by atoms with Crippen LogP contribution < -0.4 is 9.47 Å². The number of Topliss-reactive ketones (excluding diaryl/α,β-unsaturated/α-hetero) is 1. The first-order valence-electron chi connectivity index (χ1n) is 10.2. The molecule has 2 bridgehead atoms. The quantitative estimate of drug-likeness (QED) is 0.795. The van der Waals surface area contributed by atoms with Gasteiger partial charge >= 0.3 is 0 Å². The third-order valence-electron chi connectivity index (χ3n) is 5.73. The molecule has 4 nitrogen and oxygen atoms in total. The Morgan fingerprint density at radius 1 is 1.59 bits per heavy atom. The van der Waals surface area contributed by atoms with Crippen LogP contribution in [0.5, 0.6) is 11.5 Å². The number of carbonyl (C=O) groups excluding carboxylic acids is 1. The standard InChI is InChI=1S/C18H21NO3/c1-19-8-7-18-11-4-5-13(20)17(18)22-16-14(21-2)6-3-10(15(16)18)9-12(11)19/h3,6,11-12,17H,4-5,7-9H2,1-2H3/t11-,12+,17?,18-/m0/s1/i3D,6D,9D2,11D. The normalized spacial score (nSPS) is 47.4. The van der Waals surface area contributed by atoms with Gasteiger partial charge < -0.3 is 14.4 Å². The number of rotatable bonds is 1. The summed E-state index contributed by atoms with van der Waals surface area (Å²) in [5.74, 6) is -1.09. The Balaban J connectivity index is 1.98. The Bertz CT molecular complexity index is 906. The summed E-state index contributed by atoms with van der Waals surface area (Å²) in [6, 6.07) is -1.29. The van der Waals surface area contributed by atoms with E-state index < -0.39 is 29.8 Å². The van der Waals surface area contributed by atoms with Crippen molar-refractivity contribution in [3.05, 3.63) is 23.2 Å². The number of ketones is 1. The van der Waals surface area contributed by atoms with Gasteiger partial charge in [-0.25, -0.2) is 0 Å². The average molecular weight is 304 g/mol. The van der Waals surface area contributed by atoms with Crippen LogP contribution in [-0.4, -0.2) is 43.5 Å². The van der Waals surface area contributed by atoms with Crippen molar-refractivity contribution in [2.24, 2.45) is 5.89 Å². The number of ether oxygens (including phenoxy) is 2. The summed E-state index contributed by atoms with van der Waals surface area (Å²) >= 11 is 0. The van der Waals surface area contributed by atoms with Crippen molar-refractivity contribution in [2.45, 2.75) is 43.2 Å². The van der Waals surface area contributed by atoms with Gasteiger partial charge in [-0.2, -0.15) is 0 Å². The molecule has 1 aromatic carbocycles. The number of benzene rings is 1. The molecular formula is C18H21NO3. The highest BCUT2D eigenvalue weighted by Crippen LogP contribution is 2.62. The molecule has 0 radical (unpaired) electrons. The molecule has 0 N–H and O–H groups in total. The Labute approximate surface area is 137 Å². The van der Waals surface area contributed by atoms with E-state index in [9.17, 15) is 6.17 Å². The van der Waals surface area contributed by atoms with Crippen molar-refractivity contribution in [3.8, 4) is 11.5 Å². The molecule has 0 aromatic heterocycles. The van der Waals surface area contributed by atoms with Crippen molar-refractivity contribution in [2.75, 3.05) is 20.7 Å². The summed E-state index contributed by atoms with van der Waals surface area (Å²) in [5, 5.41) is 0. The number of likely N-dealkylation sites (tertiary alicyclic amines) is 1. The predicted molar refractivity (Wildman–Crippen MR) is 81.6 cm³/mol. The number of hydrogen-bond donors (Lipinski definition) is 0. The van der Waals surface area contributed by atoms with Gasteiger partial charge in [0.15, 0.2) is 23.4 Å². The van der Waals surface area contributed by atoms with E-state index in [1.165, 1.54) is 7.11 Å². The van der Waals surface area contributed by atoms with Crippen molar-refractivity contribution in [3.63, 3.8) is 0 Å². The van der Waals surface area contributed by atoms with Crippen LogP contribution in [0.4, 0.5) is 0 Å². The molecule has 1 saturated heterocycles. The van der Waals surface area contributed by atoms with E-state index in [2.05, 4.69) is 0 Å². The SMILES string of the molecule is [2H]c1c([2H])c2c3c(c1OC)OC1C(=O)CC[C@@]4([2H])[C@H](N(C)CC[C@]314)C2([2H])[2H]. The molecule has 22 heavy (non-hydrogen) atoms. The molecule has 2 fully saturated rings. The maximum atomic E-state index is 12.8. The maximum absolute atomic E-state index is 12.8. The second kappa shape index (κ2) is 4.05. The first kappa shape index (κ1) is 8.92. The van der Waals surface area contributed by atoms with Gasteiger partial charge in [0, 0.05) is 27.6 Å². The summed E-state index contributed by atoms with van der Waals surface area (Å²) in [6.07, 6.45) is -1.97. The fourth-order valence-corrected chi connectivity index (χ4v) is 4.77. The van der Waals surface area contributed by atoms with Gasteiger partial charge in [0.25, 0.3) is 0 Å². The molecule has 1 unspecified atom stereocenters. The summed E-state index contributed by atoms with van der Waals surface area (Å²) < 4.78 is 55.5. The van der Waals surface area contributed by atoms with Gasteiger partial charge in [-0.05, 0) is 50.3 Å². The molecule has 2 aliphatic heterocycles. The Kier molecular flexibility index (Phi) is 1.64. The number of carbonyl (C=O) groups is 1. The molecule has 116 valence electrons. The van der Waals surface area contributed by atoms with E-state index in [1.807, 2.05) is 4.90 Å². The molecule has 0 amide bonds. The van der Waals surface area contributed by atoms with Gasteiger partial charge in [0.05, 0.1) is 9.85 Å². The van der Waals surface area contributed by atoms with E-state index in [4.69, 9.17) is 15.0 Å². The highest BCUT2D eigenvalue weighted by Gasteiger charge is 2.65. The summed E-state index contributed by atoms with van der Waals surface area (Å²) in [5.41, 5.74) is -0.463. The first-order chi connectivity index (χ1) is 12.6. The maximum Gasteiger partial charge on any atom is 0.174 e. The van der Waals surface area contributed by atoms with Crippen LogP contribution in [-0.2, 0) is 16.6 Å². The van der Waals surface area contributed by atoms with Crippen LogP contribution in [0.3, 0.4) is 0 Å². The predicted octanol–water partition coefficient (Wildman–Crippen LogP) is 1.93. The Morgan fingerprint density at radius 3 is 3.27 bits per heavy atom. The van der Waals surface area contributed by atoms with Crippen molar-refractivity contribution in [1.82, 2.24) is 4.90 Å². The third kappa shape index (κ3) is 1.27. The zero-order chi connectivity index (χ0) is 19.5. The lowest BCUT2D eigenvalue weighted by atomic mass is 9.52. The average Bonchev–Trinajstić information content (AvgIpc) is 2.93. The summed E-state index contributed by atoms with van der Waals surface area (Å²) in [4.78, 5) is 14.7. The highest BCUT2D eigenvalue weighted by molar-refractivity contribution is 5.89. The molecule has 1 saturated carbocycles. The lowest BCUT2D eigenvalue weighted by Gasteiger charge is -2.57. The van der Waals surface area contributed by atoms with Gasteiger partial charge in [-0.3, -0.25) is 4.79 Å². The molecule has 1 spiro atoms. The largest absolute Gasteiger partial charge is 0.493 e. The zero-order valence-electron chi connectivity index (χ0n) is 17.7. The van der Waals surface area contributed by atoms with Crippen molar-refractivity contribution >= 4 is 5.78 Å². The lowest BCUT2D eigenvalue weighted by Crippen LogP contribution is -2.65. The minimum atomic E-state index is -2.01. The van der Waals surface area contributed by atoms with Crippen LogP contribution in [0.1, 0.15) is 37.2 Å². The second-order valence-electron chi connectivity index (χ2n) is 6.60. The molecule has 5 rings (SSSR count). The monoisotopic (exact) mass is 304 g/mol. The van der Waals surface area contributed by atoms with Gasteiger partial charge in [0.2, 0.25) is 0 Å². The highest BCUT2D eigenvalue weighted by atomic mass is 16.5. The Hall–Kier alpha value is -1.55. The molecule has 1 aromatic rings. The lowest BCUT2D eigenvalue weighted by molar-refractivity contribution is -0.138. The van der Waals surface area contributed by atoms with Gasteiger partial charge in [-0.1, -0.05) is 6.04 Å². The van der Waals surface area contributed by atoms with E-state index in [0.717, 1.165) is 0 Å². The summed E-state index contributed by atoms with van der Waals surface area (Å²) in [7, 11) is 3.18. The molecule has 2 aliphatic carbocycles. The fourth-order valence-electron chi connectivity index (χ4n) is 4.77.